The van der Waals surface area contributed by atoms with Crippen molar-refractivity contribution in [3.63, 3.8) is 0 Å². The van der Waals surface area contributed by atoms with E-state index in [9.17, 15) is 25.2 Å². The number of nitrogens with zero attached hydrogens (tertiary/aromatic N) is 1. The van der Waals surface area contributed by atoms with Gasteiger partial charge in [0, 0.05) is 17.2 Å². The summed E-state index contributed by atoms with van der Waals surface area (Å²) in [5, 5.41) is 40.7. The van der Waals surface area contributed by atoms with Gasteiger partial charge >= 0.3 is 0 Å². The standard InChI is InChI=1S/C22H21NO8/c24-7-14-17(25)18(26)19(27)22(31-14)23-12-5-9-3-1-2-4-10(9)16-15(12)11(21(23)28)6-13-20(16)30-8-29-13/h1-6,11,14-15,17-19,22,24-27H,7-8H2/t11?,14-,15?,17-,18+,19-,22-/m1/s1. The number of rotatable bonds is 2. The first kappa shape index (κ1) is 19.0. The number of amides is 1. The minimum atomic E-state index is -1.58. The van der Waals surface area contributed by atoms with Crippen LogP contribution < -0.4 is 0 Å². The lowest BCUT2D eigenvalue weighted by molar-refractivity contribution is -0.256. The summed E-state index contributed by atoms with van der Waals surface area (Å²) in [6.07, 6.45) is -3.42. The van der Waals surface area contributed by atoms with Crippen LogP contribution in [0.2, 0.25) is 0 Å². The highest BCUT2D eigenvalue weighted by Gasteiger charge is 2.57. The zero-order chi connectivity index (χ0) is 21.4. The first-order chi connectivity index (χ1) is 15.0. The van der Waals surface area contributed by atoms with E-state index in [1.165, 1.54) is 4.90 Å². The molecule has 1 amide bonds. The van der Waals surface area contributed by atoms with Gasteiger partial charge in [0.05, 0.1) is 12.5 Å². The van der Waals surface area contributed by atoms with Gasteiger partial charge in [-0.05, 0) is 23.3 Å². The number of benzene rings is 1. The van der Waals surface area contributed by atoms with E-state index >= 15 is 0 Å². The highest BCUT2D eigenvalue weighted by atomic mass is 16.7. The summed E-state index contributed by atoms with van der Waals surface area (Å²) < 4.78 is 17.1. The Morgan fingerprint density at radius 2 is 1.87 bits per heavy atom. The van der Waals surface area contributed by atoms with Crippen LogP contribution in [0.15, 0.2) is 47.6 Å². The van der Waals surface area contributed by atoms with Crippen LogP contribution in [0.5, 0.6) is 0 Å². The van der Waals surface area contributed by atoms with E-state index in [0.717, 1.165) is 16.7 Å². The molecule has 6 rings (SSSR count). The van der Waals surface area contributed by atoms with Crippen LogP contribution in [-0.4, -0.2) is 75.3 Å². The van der Waals surface area contributed by atoms with Crippen molar-refractivity contribution in [2.45, 2.75) is 30.6 Å². The molecule has 3 aliphatic heterocycles. The number of allylic oxidation sites excluding steroid dienone is 1. The van der Waals surface area contributed by atoms with E-state index in [1.54, 1.807) is 6.08 Å². The Morgan fingerprint density at radius 3 is 2.68 bits per heavy atom. The zero-order valence-corrected chi connectivity index (χ0v) is 16.3. The summed E-state index contributed by atoms with van der Waals surface area (Å²) in [7, 11) is 0. The Morgan fingerprint density at radius 1 is 1.06 bits per heavy atom. The molecule has 1 aromatic carbocycles. The predicted octanol–water partition coefficient (Wildman–Crippen LogP) is -0.471. The molecule has 0 radical (unpaired) electrons. The molecule has 4 N–H and O–H groups in total. The highest BCUT2D eigenvalue weighted by Crippen LogP contribution is 2.55. The number of ether oxygens (including phenoxy) is 3. The van der Waals surface area contributed by atoms with Gasteiger partial charge in [-0.25, -0.2) is 0 Å². The Kier molecular flexibility index (Phi) is 4.08. The fourth-order valence-electron chi connectivity index (χ4n) is 5.23. The number of carbonyl (C=O) groups is 1. The number of aliphatic hydroxyl groups is 4. The second kappa shape index (κ2) is 6.65. The SMILES string of the molecule is O=C1C2C=C3OCOC3=C3c4ccccc4C=C(C32)N1[C@@H]1O[C@H](CO)[C@@H](O)[C@H](O)[C@H]1O. The number of aliphatic hydroxyl groups excluding tert-OH is 4. The van der Waals surface area contributed by atoms with Gasteiger partial charge in [-0.15, -0.1) is 0 Å². The van der Waals surface area contributed by atoms with E-state index in [2.05, 4.69) is 0 Å². The number of fused-ring (bicyclic) bond motifs is 3. The molecule has 5 aliphatic rings. The molecular formula is C22H21NO8. The van der Waals surface area contributed by atoms with Crippen molar-refractivity contribution >= 4 is 17.6 Å². The van der Waals surface area contributed by atoms with E-state index in [1.807, 2.05) is 30.3 Å². The van der Waals surface area contributed by atoms with Crippen LogP contribution in [0.4, 0.5) is 0 Å². The fourth-order valence-corrected chi connectivity index (χ4v) is 5.23. The maximum absolute atomic E-state index is 13.6. The van der Waals surface area contributed by atoms with Crippen LogP contribution in [0.3, 0.4) is 0 Å². The number of hydrogen-bond acceptors (Lipinski definition) is 8. The maximum atomic E-state index is 13.6. The number of hydrogen-bond donors (Lipinski definition) is 4. The topological polar surface area (TPSA) is 129 Å². The van der Waals surface area contributed by atoms with Crippen LogP contribution in [0.1, 0.15) is 11.1 Å². The van der Waals surface area contributed by atoms with Gasteiger partial charge in [0.2, 0.25) is 12.7 Å². The van der Waals surface area contributed by atoms with Crippen LogP contribution in [-0.2, 0) is 19.0 Å². The maximum Gasteiger partial charge on any atom is 0.237 e. The zero-order valence-electron chi connectivity index (χ0n) is 16.3. The van der Waals surface area contributed by atoms with Crippen LogP contribution >= 0.6 is 0 Å². The molecule has 3 heterocycles. The van der Waals surface area contributed by atoms with Gasteiger partial charge in [0.1, 0.15) is 24.4 Å². The third-order valence-corrected chi connectivity index (χ3v) is 6.68. The van der Waals surface area contributed by atoms with E-state index in [-0.39, 0.29) is 18.6 Å². The molecule has 7 atom stereocenters. The summed E-state index contributed by atoms with van der Waals surface area (Å²) in [6, 6.07) is 7.69. The smallest absolute Gasteiger partial charge is 0.237 e. The van der Waals surface area contributed by atoms with Crippen molar-refractivity contribution in [1.82, 2.24) is 4.90 Å². The van der Waals surface area contributed by atoms with E-state index in [0.29, 0.717) is 17.2 Å². The largest absolute Gasteiger partial charge is 0.454 e. The Balaban J connectivity index is 1.51. The molecule has 0 saturated carbocycles. The van der Waals surface area contributed by atoms with Gasteiger partial charge in [0.15, 0.2) is 17.7 Å². The van der Waals surface area contributed by atoms with Gasteiger partial charge in [0.25, 0.3) is 0 Å². The summed E-state index contributed by atoms with van der Waals surface area (Å²) in [5.74, 6) is -0.176. The van der Waals surface area contributed by atoms with Crippen molar-refractivity contribution in [1.29, 1.82) is 0 Å². The first-order valence-electron chi connectivity index (χ1n) is 10.2. The quantitative estimate of drug-likeness (QED) is 0.499. The normalized spacial score (nSPS) is 38.0. The van der Waals surface area contributed by atoms with Crippen molar-refractivity contribution < 1.29 is 39.4 Å². The molecule has 9 nitrogen and oxygen atoms in total. The second-order valence-electron chi connectivity index (χ2n) is 8.27. The lowest BCUT2D eigenvalue weighted by Gasteiger charge is -2.44. The van der Waals surface area contributed by atoms with Crippen molar-refractivity contribution in [2.24, 2.45) is 11.8 Å². The minimum absolute atomic E-state index is 0.0793. The molecule has 162 valence electrons. The highest BCUT2D eigenvalue weighted by molar-refractivity contribution is 5.98. The average molecular weight is 427 g/mol. The second-order valence-corrected chi connectivity index (χ2v) is 8.27. The number of carbonyl (C=O) groups excluding carboxylic acids is 1. The van der Waals surface area contributed by atoms with E-state index < -0.39 is 43.2 Å². The molecule has 3 saturated heterocycles. The third-order valence-electron chi connectivity index (χ3n) is 6.68. The monoisotopic (exact) mass is 427 g/mol. The summed E-state index contributed by atoms with van der Waals surface area (Å²) in [6.45, 7) is -0.491. The molecule has 2 aliphatic carbocycles. The summed E-state index contributed by atoms with van der Waals surface area (Å²) in [4.78, 5) is 14.9. The lowest BCUT2D eigenvalue weighted by atomic mass is 9.74. The molecule has 9 heteroatoms. The average Bonchev–Trinajstić information content (AvgIpc) is 3.36. The molecule has 1 aromatic rings. The summed E-state index contributed by atoms with van der Waals surface area (Å²) >= 11 is 0. The molecule has 31 heavy (non-hydrogen) atoms. The number of likely N-dealkylation sites (tertiary alicyclic amines) is 1. The van der Waals surface area contributed by atoms with Crippen molar-refractivity contribution in [2.75, 3.05) is 13.4 Å². The molecular weight excluding hydrogens is 406 g/mol. The molecule has 2 unspecified atom stereocenters. The van der Waals surface area contributed by atoms with Gasteiger partial charge < -0.3 is 34.6 Å². The predicted molar refractivity (Wildman–Crippen MR) is 104 cm³/mol. The van der Waals surface area contributed by atoms with Crippen molar-refractivity contribution in [3.8, 4) is 0 Å². The molecule has 0 aromatic heterocycles. The first-order valence-corrected chi connectivity index (χ1v) is 10.2. The fraction of sp³-hybridized carbons (Fsp3) is 0.409. The minimum Gasteiger partial charge on any atom is -0.454 e. The molecule has 3 fully saturated rings. The Bertz CT molecular complexity index is 1060. The summed E-state index contributed by atoms with van der Waals surface area (Å²) in [5.41, 5.74) is 3.26. The van der Waals surface area contributed by atoms with Crippen molar-refractivity contribution in [3.05, 3.63) is 58.7 Å². The lowest BCUT2D eigenvalue weighted by Crippen LogP contribution is -2.63. The van der Waals surface area contributed by atoms with E-state index in [4.69, 9.17) is 14.2 Å². The van der Waals surface area contributed by atoms with Gasteiger partial charge in [-0.1, -0.05) is 24.3 Å². The Hall–Kier alpha value is -2.69. The van der Waals surface area contributed by atoms with Crippen LogP contribution in [0.25, 0.3) is 11.6 Å². The molecule has 0 bridgehead atoms. The van der Waals surface area contributed by atoms with Gasteiger partial charge in [-0.3, -0.25) is 9.69 Å². The molecule has 0 spiro atoms. The Labute approximate surface area is 177 Å². The van der Waals surface area contributed by atoms with Gasteiger partial charge in [-0.2, -0.15) is 0 Å². The third kappa shape index (κ3) is 2.46. The van der Waals surface area contributed by atoms with Crippen LogP contribution in [0, 0.1) is 11.8 Å².